The van der Waals surface area contributed by atoms with Gasteiger partial charge in [0.25, 0.3) is 0 Å². The zero-order valence-corrected chi connectivity index (χ0v) is 18.6. The van der Waals surface area contributed by atoms with Crippen molar-refractivity contribution in [2.75, 3.05) is 0 Å². The Balaban J connectivity index is 1.82. The highest BCUT2D eigenvalue weighted by atomic mass is 31.1. The van der Waals surface area contributed by atoms with Gasteiger partial charge in [-0.25, -0.2) is 0 Å². The molecule has 2 heteroatoms. The van der Waals surface area contributed by atoms with Crippen LogP contribution in [0.15, 0.2) is 102 Å². The van der Waals surface area contributed by atoms with Crippen molar-refractivity contribution in [2.24, 2.45) is 4.99 Å². The van der Waals surface area contributed by atoms with Crippen molar-refractivity contribution in [1.82, 2.24) is 0 Å². The number of nitrogens with zero attached hydrogens (tertiary/aromatic N) is 1. The molecule has 30 heavy (non-hydrogen) atoms. The number of rotatable bonds is 5. The Morgan fingerprint density at radius 1 is 0.633 bits per heavy atom. The lowest BCUT2D eigenvalue weighted by molar-refractivity contribution is 1.29. The van der Waals surface area contributed by atoms with Crippen LogP contribution in [0.1, 0.15) is 22.3 Å². The topological polar surface area (TPSA) is 12.4 Å². The normalized spacial score (nSPS) is 11.3. The third-order valence-electron chi connectivity index (χ3n) is 5.17. The van der Waals surface area contributed by atoms with Gasteiger partial charge >= 0.3 is 0 Å². The van der Waals surface area contributed by atoms with Crippen molar-refractivity contribution in [3.63, 3.8) is 0 Å². The number of aryl methyl sites for hydroxylation is 3. The third-order valence-corrected chi connectivity index (χ3v) is 7.69. The van der Waals surface area contributed by atoms with Crippen LogP contribution in [0.2, 0.25) is 0 Å². The minimum absolute atomic E-state index is 0.659. The van der Waals surface area contributed by atoms with Gasteiger partial charge in [0.15, 0.2) is 0 Å². The Morgan fingerprint density at radius 2 is 1.13 bits per heavy atom. The van der Waals surface area contributed by atoms with E-state index < -0.39 is 7.92 Å². The Morgan fingerprint density at radius 3 is 1.70 bits per heavy atom. The number of benzene rings is 4. The molecule has 0 radical (unpaired) electrons. The number of aliphatic imine (C=N–C) groups is 1. The van der Waals surface area contributed by atoms with Crippen LogP contribution in [-0.4, -0.2) is 6.21 Å². The minimum Gasteiger partial charge on any atom is -0.256 e. The summed E-state index contributed by atoms with van der Waals surface area (Å²) in [5, 5.41) is 4.03. The van der Waals surface area contributed by atoms with Gasteiger partial charge < -0.3 is 0 Å². The molecule has 4 aromatic rings. The van der Waals surface area contributed by atoms with Crippen LogP contribution in [0.25, 0.3) is 0 Å². The van der Waals surface area contributed by atoms with Gasteiger partial charge in [-0.05, 0) is 55.7 Å². The van der Waals surface area contributed by atoms with Crippen LogP contribution >= 0.6 is 7.92 Å². The van der Waals surface area contributed by atoms with Crippen LogP contribution in [0, 0.1) is 20.8 Å². The predicted molar refractivity (Wildman–Crippen MR) is 133 cm³/mol. The van der Waals surface area contributed by atoms with Crippen molar-refractivity contribution in [2.45, 2.75) is 20.8 Å². The van der Waals surface area contributed by atoms with Gasteiger partial charge in [-0.1, -0.05) is 103 Å². The highest BCUT2D eigenvalue weighted by Gasteiger charge is 2.18. The second-order valence-corrected chi connectivity index (χ2v) is 9.76. The summed E-state index contributed by atoms with van der Waals surface area (Å²) in [6, 6.07) is 34.7. The molecule has 0 aliphatic rings. The van der Waals surface area contributed by atoms with Crippen LogP contribution in [0.4, 0.5) is 5.69 Å². The fourth-order valence-electron chi connectivity index (χ4n) is 3.89. The molecule has 0 saturated carbocycles. The van der Waals surface area contributed by atoms with Gasteiger partial charge in [0.1, 0.15) is 0 Å². The summed E-state index contributed by atoms with van der Waals surface area (Å²) in [6.07, 6.45) is 2.04. The van der Waals surface area contributed by atoms with Crippen molar-refractivity contribution < 1.29 is 0 Å². The Kier molecular flexibility index (Phi) is 6.21. The van der Waals surface area contributed by atoms with E-state index in [-0.39, 0.29) is 0 Å². The summed E-state index contributed by atoms with van der Waals surface area (Å²) in [7, 11) is -0.659. The lowest BCUT2D eigenvalue weighted by atomic mass is 10.1. The Hall–Kier alpha value is -3.02. The van der Waals surface area contributed by atoms with Gasteiger partial charge in [0.05, 0.1) is 5.69 Å². The SMILES string of the molecule is Cc1cc(C)c(N=Cc2ccccc2P(c2ccccc2)c2ccccc2)c(C)c1. The lowest BCUT2D eigenvalue weighted by Crippen LogP contribution is -2.23. The van der Waals surface area contributed by atoms with Gasteiger partial charge in [0, 0.05) is 11.8 Å². The molecular weight excluding hydrogens is 381 g/mol. The van der Waals surface area contributed by atoms with E-state index >= 15 is 0 Å². The summed E-state index contributed by atoms with van der Waals surface area (Å²) in [6.45, 7) is 6.41. The highest BCUT2D eigenvalue weighted by Crippen LogP contribution is 2.34. The maximum atomic E-state index is 4.93. The first kappa shape index (κ1) is 20.3. The molecule has 0 fully saturated rings. The Bertz CT molecular complexity index is 1100. The van der Waals surface area contributed by atoms with E-state index in [9.17, 15) is 0 Å². The number of hydrogen-bond acceptors (Lipinski definition) is 1. The second-order valence-electron chi connectivity index (χ2n) is 7.57. The molecule has 4 rings (SSSR count). The van der Waals surface area contributed by atoms with Gasteiger partial charge in [-0.2, -0.15) is 0 Å². The van der Waals surface area contributed by atoms with Crippen LogP contribution in [0.5, 0.6) is 0 Å². The molecule has 4 aromatic carbocycles. The summed E-state index contributed by atoms with van der Waals surface area (Å²) in [5.74, 6) is 0. The fraction of sp³-hybridized carbons (Fsp3) is 0.107. The average Bonchev–Trinajstić information content (AvgIpc) is 2.76. The van der Waals surface area contributed by atoms with Gasteiger partial charge in [-0.3, -0.25) is 4.99 Å². The molecule has 0 bridgehead atoms. The van der Waals surface area contributed by atoms with E-state index in [0.717, 1.165) is 5.69 Å². The van der Waals surface area contributed by atoms with Crippen LogP contribution < -0.4 is 15.9 Å². The van der Waals surface area contributed by atoms with E-state index in [0.29, 0.717) is 0 Å². The zero-order valence-electron chi connectivity index (χ0n) is 17.7. The third kappa shape index (κ3) is 4.42. The summed E-state index contributed by atoms with van der Waals surface area (Å²) in [5.41, 5.74) is 5.96. The van der Waals surface area contributed by atoms with Crippen molar-refractivity contribution in [1.29, 1.82) is 0 Å². The van der Waals surface area contributed by atoms with Crippen LogP contribution in [0.3, 0.4) is 0 Å². The zero-order chi connectivity index (χ0) is 20.9. The summed E-state index contributed by atoms with van der Waals surface area (Å²) in [4.78, 5) is 4.93. The largest absolute Gasteiger partial charge is 0.256 e. The molecule has 0 aromatic heterocycles. The van der Waals surface area contributed by atoms with E-state index in [1.165, 1.54) is 38.2 Å². The fourth-order valence-corrected chi connectivity index (χ4v) is 6.31. The standard InChI is InChI=1S/C28H26NP/c1-21-18-22(2)28(23(3)19-21)29-20-24-12-10-11-17-27(24)30(25-13-6-4-7-14-25)26-15-8-5-9-16-26/h4-20H,1-3H3. The van der Waals surface area contributed by atoms with E-state index in [1.807, 2.05) is 6.21 Å². The molecule has 0 aliphatic heterocycles. The smallest absolute Gasteiger partial charge is 0.0688 e. The first-order valence-corrected chi connectivity index (χ1v) is 11.6. The molecule has 1 nitrogen and oxygen atoms in total. The molecular formula is C28H26NP. The maximum absolute atomic E-state index is 4.93. The van der Waals surface area contributed by atoms with Crippen molar-refractivity contribution >= 4 is 35.7 Å². The molecule has 0 atom stereocenters. The quantitative estimate of drug-likeness (QED) is 0.279. The minimum atomic E-state index is -0.659. The molecule has 0 unspecified atom stereocenters. The van der Waals surface area contributed by atoms with Gasteiger partial charge in [-0.15, -0.1) is 0 Å². The van der Waals surface area contributed by atoms with Crippen molar-refractivity contribution in [3.05, 3.63) is 119 Å². The van der Waals surface area contributed by atoms with E-state index in [2.05, 4.69) is 118 Å². The van der Waals surface area contributed by atoms with E-state index in [4.69, 9.17) is 4.99 Å². The first-order chi connectivity index (χ1) is 14.6. The second kappa shape index (κ2) is 9.20. The molecule has 0 aliphatic carbocycles. The molecule has 0 amide bonds. The molecule has 0 N–H and O–H groups in total. The monoisotopic (exact) mass is 407 g/mol. The Labute approximate surface area is 180 Å². The van der Waals surface area contributed by atoms with Crippen molar-refractivity contribution in [3.8, 4) is 0 Å². The molecule has 148 valence electrons. The molecule has 0 saturated heterocycles. The lowest BCUT2D eigenvalue weighted by Gasteiger charge is -2.21. The highest BCUT2D eigenvalue weighted by molar-refractivity contribution is 7.80. The maximum Gasteiger partial charge on any atom is 0.0688 e. The van der Waals surface area contributed by atoms with E-state index in [1.54, 1.807) is 0 Å². The summed E-state index contributed by atoms with van der Waals surface area (Å²) < 4.78 is 0. The average molecular weight is 407 g/mol. The first-order valence-electron chi connectivity index (χ1n) is 10.2. The molecule has 0 heterocycles. The van der Waals surface area contributed by atoms with Gasteiger partial charge in [0.2, 0.25) is 0 Å². The molecule has 0 spiro atoms. The number of hydrogen-bond donors (Lipinski definition) is 0. The van der Waals surface area contributed by atoms with Crippen LogP contribution in [-0.2, 0) is 0 Å². The predicted octanol–water partition coefficient (Wildman–Crippen LogP) is 6.12. The summed E-state index contributed by atoms with van der Waals surface area (Å²) >= 11 is 0.